The quantitative estimate of drug-likeness (QED) is 0.452. The van der Waals surface area contributed by atoms with Gasteiger partial charge in [0.25, 0.3) is 0 Å². The molecule has 182 valence electrons. The predicted octanol–water partition coefficient (Wildman–Crippen LogP) is 7.00. The van der Waals surface area contributed by atoms with Crippen LogP contribution in [-0.4, -0.2) is 22.9 Å². The van der Waals surface area contributed by atoms with Crippen LogP contribution < -0.4 is 0 Å². The molecule has 0 aromatic rings. The number of fused-ring (bicyclic) bond motifs is 7. The maximum absolute atomic E-state index is 10.9. The lowest BCUT2D eigenvalue weighted by Crippen LogP contribution is -2.66. The molecule has 2 N–H and O–H groups in total. The van der Waals surface area contributed by atoms with Crippen molar-refractivity contribution in [3.05, 3.63) is 12.2 Å². The standard InChI is InChI=1S/C30H50O2/c1-19(2)20-10-15-30(18-31)17-16-28(6)21(25(20)30)8-9-23-27(5)13-12-24(32)26(3,4)22(27)11-14-29(23,28)7/h20-25,31-32H,1,8-18H2,2-7H3/t20-,21-,22-,23+,24-,25+,27-,28+,29+,30+/m0/s1. The number of hydrogen-bond acceptors (Lipinski definition) is 2. The fourth-order valence-corrected chi connectivity index (χ4v) is 11.5. The van der Waals surface area contributed by atoms with Crippen molar-refractivity contribution in [3.63, 3.8) is 0 Å². The molecule has 0 aromatic heterocycles. The number of aliphatic hydroxyl groups excluding tert-OH is 2. The lowest BCUT2D eigenvalue weighted by molar-refractivity contribution is -0.249. The molecule has 5 saturated carbocycles. The molecule has 5 aliphatic rings. The van der Waals surface area contributed by atoms with Gasteiger partial charge in [-0.3, -0.25) is 0 Å². The van der Waals surface area contributed by atoms with Crippen molar-refractivity contribution < 1.29 is 10.2 Å². The van der Waals surface area contributed by atoms with E-state index in [2.05, 4.69) is 48.1 Å². The van der Waals surface area contributed by atoms with Crippen LogP contribution in [0.15, 0.2) is 12.2 Å². The molecule has 5 fully saturated rings. The Bertz CT molecular complexity index is 786. The van der Waals surface area contributed by atoms with E-state index >= 15 is 0 Å². The van der Waals surface area contributed by atoms with E-state index in [0.29, 0.717) is 40.6 Å². The highest BCUT2D eigenvalue weighted by Gasteiger charge is 2.70. The van der Waals surface area contributed by atoms with E-state index < -0.39 is 0 Å². The highest BCUT2D eigenvalue weighted by molar-refractivity contribution is 5.21. The molecule has 5 rings (SSSR count). The molecular formula is C30H50O2. The SMILES string of the molecule is C=C(C)[C@@H]1CC[C@]2(CO)CC[C@]3(C)[C@@H](CC[C@@H]4[C@@]5(C)CC[C@H](O)C(C)(C)[C@@H]5CC[C@]43C)[C@@H]12. The smallest absolute Gasteiger partial charge is 0.0594 e. The third-order valence-electron chi connectivity index (χ3n) is 13.5. The third kappa shape index (κ3) is 2.66. The van der Waals surface area contributed by atoms with E-state index in [9.17, 15) is 10.2 Å². The molecule has 2 heteroatoms. The van der Waals surface area contributed by atoms with Crippen LogP contribution in [0.1, 0.15) is 106 Å². The van der Waals surface area contributed by atoms with Gasteiger partial charge in [-0.25, -0.2) is 0 Å². The van der Waals surface area contributed by atoms with Crippen molar-refractivity contribution in [1.29, 1.82) is 0 Å². The van der Waals surface area contributed by atoms with Gasteiger partial charge in [-0.2, -0.15) is 0 Å². The average Bonchev–Trinajstić information content (AvgIpc) is 3.12. The molecule has 10 atom stereocenters. The summed E-state index contributed by atoms with van der Waals surface area (Å²) in [6, 6.07) is 0. The topological polar surface area (TPSA) is 40.5 Å². The highest BCUT2D eigenvalue weighted by Crippen LogP contribution is 2.77. The number of rotatable bonds is 2. The molecule has 0 heterocycles. The first-order valence-electron chi connectivity index (χ1n) is 13.8. The van der Waals surface area contributed by atoms with Gasteiger partial charge in [-0.15, -0.1) is 0 Å². The zero-order chi connectivity index (χ0) is 23.3. The van der Waals surface area contributed by atoms with Crippen LogP contribution in [0.5, 0.6) is 0 Å². The summed E-state index contributed by atoms with van der Waals surface area (Å²) in [5.41, 5.74) is 2.60. The van der Waals surface area contributed by atoms with Crippen LogP contribution in [0, 0.1) is 56.7 Å². The third-order valence-corrected chi connectivity index (χ3v) is 13.5. The Morgan fingerprint density at radius 1 is 0.812 bits per heavy atom. The molecule has 0 aromatic carbocycles. The summed E-state index contributed by atoms with van der Waals surface area (Å²) in [7, 11) is 0. The van der Waals surface area contributed by atoms with Crippen molar-refractivity contribution >= 4 is 0 Å². The highest BCUT2D eigenvalue weighted by atomic mass is 16.3. The molecule has 0 saturated heterocycles. The van der Waals surface area contributed by atoms with Gasteiger partial charge < -0.3 is 10.2 Å². The molecule has 0 radical (unpaired) electrons. The Balaban J connectivity index is 1.55. The minimum atomic E-state index is -0.147. The largest absolute Gasteiger partial charge is 0.396 e. The normalized spacial score (nSPS) is 56.5. The van der Waals surface area contributed by atoms with E-state index in [-0.39, 0.29) is 16.9 Å². The van der Waals surface area contributed by atoms with Crippen molar-refractivity contribution in [3.8, 4) is 0 Å². The van der Waals surface area contributed by atoms with Gasteiger partial charge in [-0.05, 0) is 128 Å². The lowest BCUT2D eigenvalue weighted by Gasteiger charge is -2.73. The van der Waals surface area contributed by atoms with Gasteiger partial charge in [-0.1, -0.05) is 46.8 Å². The van der Waals surface area contributed by atoms with E-state index in [1.54, 1.807) is 0 Å². The van der Waals surface area contributed by atoms with Gasteiger partial charge in [0.05, 0.1) is 6.10 Å². The first-order valence-corrected chi connectivity index (χ1v) is 13.8. The van der Waals surface area contributed by atoms with Crippen molar-refractivity contribution in [2.75, 3.05) is 6.61 Å². The predicted molar refractivity (Wildman–Crippen MR) is 132 cm³/mol. The first-order chi connectivity index (χ1) is 14.9. The van der Waals surface area contributed by atoms with Gasteiger partial charge in [0.2, 0.25) is 0 Å². The van der Waals surface area contributed by atoms with Crippen LogP contribution >= 0.6 is 0 Å². The minimum Gasteiger partial charge on any atom is -0.396 e. The maximum atomic E-state index is 10.9. The molecule has 32 heavy (non-hydrogen) atoms. The van der Waals surface area contributed by atoms with Gasteiger partial charge in [0.15, 0.2) is 0 Å². The summed E-state index contributed by atoms with van der Waals surface area (Å²) in [5.74, 6) is 3.33. The van der Waals surface area contributed by atoms with Crippen molar-refractivity contribution in [2.24, 2.45) is 56.7 Å². The van der Waals surface area contributed by atoms with Gasteiger partial charge in [0.1, 0.15) is 0 Å². The van der Waals surface area contributed by atoms with Crippen LogP contribution in [0.2, 0.25) is 0 Å². The summed E-state index contributed by atoms with van der Waals surface area (Å²) in [6.07, 6.45) is 12.2. The summed E-state index contributed by atoms with van der Waals surface area (Å²) in [5, 5.41) is 21.5. The second-order valence-corrected chi connectivity index (χ2v) is 14.6. The molecule has 0 bridgehead atoms. The van der Waals surface area contributed by atoms with Crippen LogP contribution in [0.4, 0.5) is 0 Å². The molecule has 2 nitrogen and oxygen atoms in total. The Kier molecular flexibility index (Phi) is 5.19. The second kappa shape index (κ2) is 7.09. The first kappa shape index (κ1) is 23.4. The van der Waals surface area contributed by atoms with E-state index in [4.69, 9.17) is 0 Å². The molecule has 0 amide bonds. The number of hydrogen-bond donors (Lipinski definition) is 2. The summed E-state index contributed by atoms with van der Waals surface area (Å²) >= 11 is 0. The maximum Gasteiger partial charge on any atom is 0.0594 e. The summed E-state index contributed by atoms with van der Waals surface area (Å²) < 4.78 is 0. The molecular weight excluding hydrogens is 392 g/mol. The summed E-state index contributed by atoms with van der Waals surface area (Å²) in [6.45, 7) is 19.7. The van der Waals surface area contributed by atoms with E-state index in [1.807, 2.05) is 0 Å². The lowest BCUT2D eigenvalue weighted by atomic mass is 9.32. The fourth-order valence-electron chi connectivity index (χ4n) is 11.5. The number of aliphatic hydroxyl groups is 2. The fraction of sp³-hybridized carbons (Fsp3) is 0.933. The minimum absolute atomic E-state index is 0.0290. The molecule has 5 aliphatic carbocycles. The average molecular weight is 443 g/mol. The van der Waals surface area contributed by atoms with Gasteiger partial charge in [0, 0.05) is 6.61 Å². The van der Waals surface area contributed by atoms with E-state index in [0.717, 1.165) is 18.3 Å². The second-order valence-electron chi connectivity index (χ2n) is 14.6. The monoisotopic (exact) mass is 442 g/mol. The van der Waals surface area contributed by atoms with E-state index in [1.165, 1.54) is 63.4 Å². The van der Waals surface area contributed by atoms with Gasteiger partial charge >= 0.3 is 0 Å². The summed E-state index contributed by atoms with van der Waals surface area (Å²) in [4.78, 5) is 0. The van der Waals surface area contributed by atoms with Crippen LogP contribution in [-0.2, 0) is 0 Å². The Morgan fingerprint density at radius 3 is 2.19 bits per heavy atom. The Labute approximate surface area is 197 Å². The van der Waals surface area contributed by atoms with Crippen molar-refractivity contribution in [2.45, 2.75) is 112 Å². The molecule has 0 aliphatic heterocycles. The molecule has 0 unspecified atom stereocenters. The number of allylic oxidation sites excluding steroid dienone is 1. The zero-order valence-electron chi connectivity index (χ0n) is 21.8. The van der Waals surface area contributed by atoms with Crippen molar-refractivity contribution in [1.82, 2.24) is 0 Å². The van der Waals surface area contributed by atoms with Crippen LogP contribution in [0.3, 0.4) is 0 Å². The zero-order valence-corrected chi connectivity index (χ0v) is 21.8. The van der Waals surface area contributed by atoms with Crippen LogP contribution in [0.25, 0.3) is 0 Å². The molecule has 0 spiro atoms. The Morgan fingerprint density at radius 2 is 1.53 bits per heavy atom. The Hall–Kier alpha value is -0.340.